The molecule has 126 valence electrons. The van der Waals surface area contributed by atoms with Crippen molar-refractivity contribution in [3.8, 4) is 5.75 Å². The van der Waals surface area contributed by atoms with Crippen molar-refractivity contribution in [1.82, 2.24) is 14.5 Å². The van der Waals surface area contributed by atoms with E-state index in [-0.39, 0.29) is 17.0 Å². The Labute approximate surface area is 137 Å². The fourth-order valence-electron chi connectivity index (χ4n) is 2.23. The summed E-state index contributed by atoms with van der Waals surface area (Å²) in [5, 5.41) is 4.08. The van der Waals surface area contributed by atoms with E-state index in [4.69, 9.17) is 4.74 Å². The van der Waals surface area contributed by atoms with Gasteiger partial charge in [0.15, 0.2) is 0 Å². The van der Waals surface area contributed by atoms with Crippen LogP contribution in [0.3, 0.4) is 0 Å². The average Bonchev–Trinajstić information content (AvgIpc) is 2.92. The van der Waals surface area contributed by atoms with E-state index in [1.807, 2.05) is 27.7 Å². The van der Waals surface area contributed by atoms with Crippen LogP contribution >= 0.6 is 0 Å². The Morgan fingerprint density at radius 1 is 1.30 bits per heavy atom. The fraction of sp³-hybridized carbons (Fsp3) is 0.438. The molecule has 7 heteroatoms. The van der Waals surface area contributed by atoms with Crippen LogP contribution in [0.2, 0.25) is 0 Å². The van der Waals surface area contributed by atoms with Crippen molar-refractivity contribution < 1.29 is 13.2 Å². The van der Waals surface area contributed by atoms with Crippen LogP contribution in [-0.2, 0) is 16.6 Å². The highest BCUT2D eigenvalue weighted by Gasteiger charge is 2.19. The van der Waals surface area contributed by atoms with Crippen LogP contribution in [0.5, 0.6) is 5.75 Å². The van der Waals surface area contributed by atoms with Gasteiger partial charge in [-0.3, -0.25) is 4.68 Å². The van der Waals surface area contributed by atoms with E-state index in [2.05, 4.69) is 9.82 Å². The molecule has 0 fully saturated rings. The summed E-state index contributed by atoms with van der Waals surface area (Å²) >= 11 is 0. The minimum atomic E-state index is -3.58. The third-order valence-electron chi connectivity index (χ3n) is 3.20. The molecule has 0 unspecified atom stereocenters. The van der Waals surface area contributed by atoms with Gasteiger partial charge in [-0.05, 0) is 57.5 Å². The molecule has 0 saturated heterocycles. The van der Waals surface area contributed by atoms with Crippen molar-refractivity contribution in [3.63, 3.8) is 0 Å². The summed E-state index contributed by atoms with van der Waals surface area (Å²) in [6, 6.07) is 6.42. The maximum Gasteiger partial charge on any atom is 0.240 e. The molecule has 0 aliphatic rings. The van der Waals surface area contributed by atoms with Gasteiger partial charge in [0.1, 0.15) is 5.75 Å². The van der Waals surface area contributed by atoms with Crippen LogP contribution in [0.1, 0.15) is 26.3 Å². The molecule has 0 aliphatic carbocycles. The third-order valence-corrected chi connectivity index (χ3v) is 4.78. The first-order valence-corrected chi connectivity index (χ1v) is 9.03. The van der Waals surface area contributed by atoms with E-state index in [9.17, 15) is 8.42 Å². The number of ether oxygens (including phenoxy) is 1. The highest BCUT2D eigenvalue weighted by atomic mass is 32.2. The van der Waals surface area contributed by atoms with Gasteiger partial charge in [-0.25, -0.2) is 13.1 Å². The maximum absolute atomic E-state index is 12.5. The van der Waals surface area contributed by atoms with E-state index in [0.29, 0.717) is 12.3 Å². The van der Waals surface area contributed by atoms with Gasteiger partial charge in [-0.2, -0.15) is 5.10 Å². The van der Waals surface area contributed by atoms with Crippen molar-refractivity contribution in [2.45, 2.75) is 51.3 Å². The first kappa shape index (κ1) is 17.5. The lowest BCUT2D eigenvalue weighted by molar-refractivity contribution is 0.240. The number of hydrogen-bond donors (Lipinski definition) is 1. The van der Waals surface area contributed by atoms with E-state index in [1.165, 1.54) is 0 Å². The van der Waals surface area contributed by atoms with Crippen LogP contribution in [-0.4, -0.2) is 30.3 Å². The zero-order valence-corrected chi connectivity index (χ0v) is 14.7. The monoisotopic (exact) mass is 337 g/mol. The molecule has 2 aromatic rings. The van der Waals surface area contributed by atoms with Crippen LogP contribution < -0.4 is 9.46 Å². The minimum absolute atomic E-state index is 0.0448. The molecule has 0 saturated carbocycles. The number of sulfonamides is 1. The number of aromatic nitrogens is 2. The molecular formula is C16H23N3O3S. The Bertz CT molecular complexity index is 740. The standard InChI is InChI=1S/C16H23N3O3S/c1-12(2)22-16-7-6-15(10-13(16)3)23(20,21)18-14(4)11-19-9-5-8-17-19/h5-10,12,14,18H,11H2,1-4H3/t14-/m1/s1. The first-order valence-electron chi connectivity index (χ1n) is 7.55. The molecule has 0 bridgehead atoms. The van der Waals surface area contributed by atoms with Gasteiger partial charge < -0.3 is 4.74 Å². The molecular weight excluding hydrogens is 314 g/mol. The lowest BCUT2D eigenvalue weighted by Gasteiger charge is -2.16. The largest absolute Gasteiger partial charge is 0.491 e. The van der Waals surface area contributed by atoms with Gasteiger partial charge in [0.2, 0.25) is 10.0 Å². The Morgan fingerprint density at radius 2 is 2.04 bits per heavy atom. The summed E-state index contributed by atoms with van der Waals surface area (Å²) in [7, 11) is -3.58. The summed E-state index contributed by atoms with van der Waals surface area (Å²) in [5.74, 6) is 0.698. The highest BCUT2D eigenvalue weighted by molar-refractivity contribution is 7.89. The number of nitrogens with one attached hydrogen (secondary N) is 1. The minimum Gasteiger partial charge on any atom is -0.491 e. The molecule has 1 N–H and O–H groups in total. The fourth-order valence-corrected chi connectivity index (χ4v) is 3.55. The van der Waals surface area contributed by atoms with Gasteiger partial charge in [0, 0.05) is 18.4 Å². The Kier molecular flexibility index (Phi) is 5.43. The third kappa shape index (κ3) is 4.80. The predicted octanol–water partition coefficient (Wildman–Crippen LogP) is 2.35. The van der Waals surface area contributed by atoms with Crippen molar-refractivity contribution in [3.05, 3.63) is 42.2 Å². The van der Waals surface area contributed by atoms with Gasteiger partial charge in [-0.15, -0.1) is 0 Å². The first-order chi connectivity index (χ1) is 10.8. The summed E-state index contributed by atoms with van der Waals surface area (Å²) in [6.07, 6.45) is 3.51. The average molecular weight is 337 g/mol. The molecule has 0 aliphatic heterocycles. The molecule has 1 aromatic heterocycles. The Balaban J connectivity index is 2.11. The molecule has 1 atom stereocenters. The van der Waals surface area contributed by atoms with E-state index in [1.54, 1.807) is 41.3 Å². The van der Waals surface area contributed by atoms with E-state index < -0.39 is 10.0 Å². The zero-order valence-electron chi connectivity index (χ0n) is 13.9. The molecule has 0 radical (unpaired) electrons. The van der Waals surface area contributed by atoms with Crippen LogP contribution in [0, 0.1) is 6.92 Å². The summed E-state index contributed by atoms with van der Waals surface area (Å²) in [6.45, 7) is 7.98. The summed E-state index contributed by atoms with van der Waals surface area (Å²) < 4.78 is 34.9. The number of benzene rings is 1. The van der Waals surface area contributed by atoms with E-state index in [0.717, 1.165) is 5.56 Å². The quantitative estimate of drug-likeness (QED) is 0.842. The van der Waals surface area contributed by atoms with Crippen molar-refractivity contribution in [1.29, 1.82) is 0 Å². The summed E-state index contributed by atoms with van der Waals surface area (Å²) in [4.78, 5) is 0.235. The lowest BCUT2D eigenvalue weighted by Crippen LogP contribution is -2.35. The lowest BCUT2D eigenvalue weighted by atomic mass is 10.2. The molecule has 6 nitrogen and oxygen atoms in total. The topological polar surface area (TPSA) is 73.2 Å². The van der Waals surface area contributed by atoms with Crippen molar-refractivity contribution in [2.24, 2.45) is 0 Å². The second kappa shape index (κ2) is 7.14. The second-order valence-electron chi connectivity index (χ2n) is 5.84. The van der Waals surface area contributed by atoms with Crippen LogP contribution in [0.4, 0.5) is 0 Å². The van der Waals surface area contributed by atoms with Crippen LogP contribution in [0.15, 0.2) is 41.6 Å². The molecule has 23 heavy (non-hydrogen) atoms. The Hall–Kier alpha value is -1.86. The molecule has 0 spiro atoms. The predicted molar refractivity (Wildman–Crippen MR) is 89.0 cm³/mol. The van der Waals surface area contributed by atoms with Crippen LogP contribution in [0.25, 0.3) is 0 Å². The molecule has 2 rings (SSSR count). The number of rotatable bonds is 7. The van der Waals surface area contributed by atoms with Gasteiger partial charge in [0.05, 0.1) is 17.5 Å². The van der Waals surface area contributed by atoms with Gasteiger partial charge in [-0.1, -0.05) is 0 Å². The highest BCUT2D eigenvalue weighted by Crippen LogP contribution is 2.23. The molecule has 1 aromatic carbocycles. The normalized spacial score (nSPS) is 13.3. The summed E-state index contributed by atoms with van der Waals surface area (Å²) in [5.41, 5.74) is 0.793. The molecule has 1 heterocycles. The Morgan fingerprint density at radius 3 is 2.61 bits per heavy atom. The zero-order chi connectivity index (χ0) is 17.0. The van der Waals surface area contributed by atoms with Gasteiger partial charge in [0.25, 0.3) is 0 Å². The van der Waals surface area contributed by atoms with Crippen molar-refractivity contribution in [2.75, 3.05) is 0 Å². The molecule has 0 amide bonds. The van der Waals surface area contributed by atoms with Crippen molar-refractivity contribution >= 4 is 10.0 Å². The maximum atomic E-state index is 12.5. The number of nitrogens with zero attached hydrogens (tertiary/aromatic N) is 2. The number of hydrogen-bond acceptors (Lipinski definition) is 4. The van der Waals surface area contributed by atoms with E-state index >= 15 is 0 Å². The second-order valence-corrected chi connectivity index (χ2v) is 7.56. The number of aryl methyl sites for hydroxylation is 1. The smallest absolute Gasteiger partial charge is 0.240 e. The SMILES string of the molecule is Cc1cc(S(=O)(=O)N[C@H](C)Cn2cccn2)ccc1OC(C)C. The van der Waals surface area contributed by atoms with Gasteiger partial charge >= 0.3 is 0 Å².